The molecule has 0 spiro atoms. The molecule has 9 aliphatic heterocycles. The zero-order valence-corrected chi connectivity index (χ0v) is 49.2. The summed E-state index contributed by atoms with van der Waals surface area (Å²) in [5.74, 6) is 0. The van der Waals surface area contributed by atoms with E-state index < -0.39 is 318 Å². The Bertz CT molecular complexity index is 2290. The van der Waals surface area contributed by atoms with E-state index in [9.17, 15) is 133 Å². The second-order valence-electron chi connectivity index (χ2n) is 24.0. The summed E-state index contributed by atoms with van der Waals surface area (Å²) in [6, 6.07) is 0. The number of aliphatic hydroxyl groups excluding tert-OH is 26. The highest BCUT2D eigenvalue weighted by Crippen LogP contribution is 2.38. The van der Waals surface area contributed by atoms with E-state index >= 15 is 0 Å². The van der Waals surface area contributed by atoms with Crippen molar-refractivity contribution in [1.29, 1.82) is 0 Å². The summed E-state index contributed by atoms with van der Waals surface area (Å²) in [4.78, 5) is 0. The van der Waals surface area contributed by atoms with Crippen molar-refractivity contribution in [3.8, 4) is 0 Å². The lowest BCUT2D eigenvalue weighted by molar-refractivity contribution is -0.397. The predicted molar refractivity (Wildman–Crippen MR) is 279 cm³/mol. The zero-order chi connectivity index (χ0) is 68.6. The third-order valence-corrected chi connectivity index (χ3v) is 17.5. The first-order valence-electron chi connectivity index (χ1n) is 29.9. The lowest BCUT2D eigenvalue weighted by atomic mass is 9.95. The highest BCUT2D eigenvalue weighted by atomic mass is 16.8. The molecule has 0 aromatic rings. The van der Waals surface area contributed by atoms with Gasteiger partial charge in [0, 0.05) is 0 Å². The van der Waals surface area contributed by atoms with Crippen LogP contribution in [0, 0.1) is 0 Å². The van der Waals surface area contributed by atoms with E-state index in [4.69, 9.17) is 80.5 Å². The van der Waals surface area contributed by atoms with E-state index in [0.29, 0.717) is 0 Å². The second kappa shape index (κ2) is 32.9. The fourth-order valence-corrected chi connectivity index (χ4v) is 11.8. The van der Waals surface area contributed by atoms with Crippen LogP contribution in [0.3, 0.4) is 0 Å². The molecule has 26 N–H and O–H groups in total. The van der Waals surface area contributed by atoms with Crippen LogP contribution >= 0.6 is 0 Å². The van der Waals surface area contributed by atoms with Crippen LogP contribution in [-0.2, 0) is 80.5 Å². The maximum Gasteiger partial charge on any atom is 0.187 e. The van der Waals surface area contributed by atoms with Crippen molar-refractivity contribution in [3.05, 3.63) is 0 Å². The maximum atomic E-state index is 12.1. The summed E-state index contributed by atoms with van der Waals surface area (Å²) < 4.78 is 97.1. The molecule has 0 aromatic heterocycles. The molecule has 0 radical (unpaired) electrons. The molecular weight excluding hydrogens is 1300 g/mol. The molecule has 548 valence electrons. The smallest absolute Gasteiger partial charge is 0.187 e. The van der Waals surface area contributed by atoms with Gasteiger partial charge in [-0.2, -0.15) is 0 Å². The molecule has 94 heavy (non-hydrogen) atoms. The van der Waals surface area contributed by atoms with Gasteiger partial charge in [0.25, 0.3) is 0 Å². The van der Waals surface area contributed by atoms with Gasteiger partial charge >= 0.3 is 0 Å². The molecule has 43 nitrogen and oxygen atoms in total. The Morgan fingerprint density at radius 2 is 0.500 bits per heavy atom. The molecule has 42 atom stereocenters. The first-order chi connectivity index (χ1) is 44.5. The Hall–Kier alpha value is -1.72. The third kappa shape index (κ3) is 16.3. The van der Waals surface area contributed by atoms with Crippen LogP contribution in [0.25, 0.3) is 0 Å². The van der Waals surface area contributed by atoms with Crippen molar-refractivity contribution in [2.45, 2.75) is 258 Å². The first kappa shape index (κ1) is 76.5. The minimum Gasteiger partial charge on any atom is -0.394 e. The fraction of sp³-hybridized carbons (Fsp3) is 1.00. The number of ether oxygens (including phenoxy) is 17. The number of rotatable bonds is 22. The maximum absolute atomic E-state index is 12.1. The molecule has 0 amide bonds. The van der Waals surface area contributed by atoms with Crippen LogP contribution in [0.4, 0.5) is 0 Å². The summed E-state index contributed by atoms with van der Waals surface area (Å²) in [5, 5.41) is 280. The highest BCUT2D eigenvalue weighted by molar-refractivity contribution is 5.00. The van der Waals surface area contributed by atoms with Gasteiger partial charge in [-0.15, -0.1) is 0 Å². The molecular formula is C51H86O43. The zero-order valence-electron chi connectivity index (χ0n) is 49.2. The molecule has 0 aromatic carbocycles. The lowest BCUT2D eigenvalue weighted by Gasteiger charge is -2.49. The summed E-state index contributed by atoms with van der Waals surface area (Å²) in [6.45, 7) is -7.83. The fourth-order valence-electron chi connectivity index (χ4n) is 11.8. The van der Waals surface area contributed by atoms with Gasteiger partial charge in [0.1, 0.15) is 201 Å². The van der Waals surface area contributed by atoms with Gasteiger partial charge in [0.05, 0.1) is 59.5 Å². The third-order valence-electron chi connectivity index (χ3n) is 17.5. The van der Waals surface area contributed by atoms with Gasteiger partial charge in [-0.1, -0.05) is 0 Å². The van der Waals surface area contributed by atoms with Gasteiger partial charge in [-0.25, -0.2) is 0 Å². The summed E-state index contributed by atoms with van der Waals surface area (Å²) in [7, 11) is 0. The van der Waals surface area contributed by atoms with Crippen molar-refractivity contribution < 1.29 is 213 Å². The van der Waals surface area contributed by atoms with Crippen molar-refractivity contribution in [1.82, 2.24) is 0 Å². The molecule has 9 fully saturated rings. The molecule has 0 saturated carbocycles. The predicted octanol–water partition coefficient (Wildman–Crippen LogP) is -18.7. The Balaban J connectivity index is 1.00. The standard InChI is InChI=1S/C51H86O43/c52-1-13-22(61)25(64)33(72)45(85-13)93-41-20(59)11(56)5-79-50(41)82-8-17-39(91-47-35(74)27(66)24(63)16(87-47)7-81-44-32(71)19(58)10(55)4-78-44)30(69)37(76)49(89-17)92-40-18(88-48(36(75)29(40)68)90-38-15(3-54)84-43(77)31(70)28(38)67)9-83-51-42(21(60)12(57)6-80-51)94-46-34(73)26(65)23(62)14(2-53)86-46/h10-77H,1-9H2/t10-,11-,12-,13?,14?,15+,16?,17+,18?,19+,20+,21+,22+,23+,24-,25+,26+,27+,28?,29-,30?,31?,32?,33?,34?,35?,36?,37?,38-,39-,40-,41?,42?,43-,44-,45+,46+,47+,48+,49+,50-,51-/m1/s1. The van der Waals surface area contributed by atoms with Gasteiger partial charge in [0.2, 0.25) is 0 Å². The second-order valence-corrected chi connectivity index (χ2v) is 24.0. The van der Waals surface area contributed by atoms with E-state index in [1.807, 2.05) is 0 Å². The lowest BCUT2D eigenvalue weighted by Crippen LogP contribution is -2.68. The van der Waals surface area contributed by atoms with Crippen molar-refractivity contribution in [2.75, 3.05) is 59.5 Å². The normalized spacial score (nSPS) is 53.9. The summed E-state index contributed by atoms with van der Waals surface area (Å²) in [6.07, 6.45) is -84.5. The Labute approximate surface area is 530 Å². The molecule has 9 saturated heterocycles. The van der Waals surface area contributed by atoms with Gasteiger partial charge in [0.15, 0.2) is 56.6 Å². The first-order valence-corrected chi connectivity index (χ1v) is 29.9. The van der Waals surface area contributed by atoms with E-state index in [0.717, 1.165) is 0 Å². The highest BCUT2D eigenvalue weighted by Gasteiger charge is 2.58. The van der Waals surface area contributed by atoms with Crippen LogP contribution < -0.4 is 0 Å². The molecule has 9 aliphatic rings. The number of hydrogen-bond donors (Lipinski definition) is 26. The quantitative estimate of drug-likeness (QED) is 0.0479. The Kier molecular flexibility index (Phi) is 26.8. The Morgan fingerprint density at radius 3 is 0.894 bits per heavy atom. The topological polar surface area (TPSA) is 683 Å². The van der Waals surface area contributed by atoms with E-state index in [1.165, 1.54) is 0 Å². The summed E-state index contributed by atoms with van der Waals surface area (Å²) in [5.41, 5.74) is 0. The number of hydrogen-bond acceptors (Lipinski definition) is 43. The van der Waals surface area contributed by atoms with Gasteiger partial charge in [-0.3, -0.25) is 0 Å². The van der Waals surface area contributed by atoms with Crippen LogP contribution in [0.1, 0.15) is 0 Å². The average molecular weight is 1390 g/mol. The molecule has 43 heteroatoms. The number of aliphatic hydroxyl groups is 26. The van der Waals surface area contributed by atoms with Crippen LogP contribution in [-0.4, -0.2) is 450 Å². The Morgan fingerprint density at radius 1 is 0.223 bits per heavy atom. The van der Waals surface area contributed by atoms with Crippen molar-refractivity contribution in [3.63, 3.8) is 0 Å². The van der Waals surface area contributed by atoms with Crippen LogP contribution in [0.5, 0.6) is 0 Å². The minimum absolute atomic E-state index is 0.534. The van der Waals surface area contributed by atoms with Gasteiger partial charge in [-0.05, 0) is 0 Å². The van der Waals surface area contributed by atoms with Crippen molar-refractivity contribution >= 4 is 0 Å². The minimum atomic E-state index is -2.48. The largest absolute Gasteiger partial charge is 0.394 e. The van der Waals surface area contributed by atoms with Crippen LogP contribution in [0.15, 0.2) is 0 Å². The van der Waals surface area contributed by atoms with Crippen molar-refractivity contribution in [2.24, 2.45) is 0 Å². The average Bonchev–Trinajstić information content (AvgIpc) is 0.784. The summed E-state index contributed by atoms with van der Waals surface area (Å²) >= 11 is 0. The van der Waals surface area contributed by atoms with E-state index in [1.54, 1.807) is 0 Å². The van der Waals surface area contributed by atoms with E-state index in [2.05, 4.69) is 0 Å². The molecule has 9 heterocycles. The monoisotopic (exact) mass is 1390 g/mol. The molecule has 0 aliphatic carbocycles. The van der Waals surface area contributed by atoms with Gasteiger partial charge < -0.3 is 213 Å². The molecule has 9 rings (SSSR count). The molecule has 0 bridgehead atoms. The van der Waals surface area contributed by atoms with Crippen LogP contribution in [0.2, 0.25) is 0 Å². The van der Waals surface area contributed by atoms with E-state index in [-0.39, 0.29) is 0 Å². The SMILES string of the molecule is OCC1O[C@@H](OC2[C@@H](OC[C@@H]3O[C@@H](O[C@@H]4C(CO[C@H]5OC[C@@H](O)[C@H](O)C5O[C@@H]5OC(CO)[C@H](O)[C@H](O)C5O)O[C@@H](O[C@H]5C(O)C(O)[C@H](O)O[C@H]5CO)C(O)[C@H]4O)C(O)C(O)[C@@H]3O[C@@H]3OC(CO[C@H]4OC[C@@H](O)[C@H](O)C4O)[C@@H](O)[C@H](O)C3O)OC[C@@H](O)[C@@H]2O)C(O)[C@@H](O)[C@H]1O. The molecule has 15 unspecified atom stereocenters.